The Hall–Kier alpha value is -7.13. The molecule has 4 heterocycles. The van der Waals surface area contributed by atoms with Crippen LogP contribution in [-0.2, 0) is 48.2 Å². The van der Waals surface area contributed by atoms with E-state index >= 15 is 0 Å². The van der Waals surface area contributed by atoms with Crippen LogP contribution in [0, 0.1) is 6.92 Å². The number of ether oxygens (including phenoxy) is 4. The third-order valence-electron chi connectivity index (χ3n) is 10.5. The van der Waals surface area contributed by atoms with Crippen molar-refractivity contribution >= 4 is 58.4 Å². The Balaban J connectivity index is 0.000000241. The first-order chi connectivity index (χ1) is 30.6. The van der Waals surface area contributed by atoms with Crippen molar-refractivity contribution in [1.82, 2.24) is 30.2 Å². The SMILES string of the molecule is CN(Cc1cnc2nc(N)nc(N)c2n1)c1ccc(C(=O)N[C@@H](CCC(=O)O)C(=O)O)cc1.COc1c(C)c2c(c(O)c1C/C=C(\C)CCC(=O)OCCN1CCOCC1)C(=O)OC2. The number of nitrogens with one attached hydrogen (secondary N) is 1. The van der Waals surface area contributed by atoms with E-state index in [1.807, 2.05) is 31.9 Å². The maximum Gasteiger partial charge on any atom is 0.342 e. The van der Waals surface area contributed by atoms with Crippen LogP contribution in [0.1, 0.15) is 75.7 Å². The topological polar surface area (TPSA) is 305 Å². The molecule has 21 heteroatoms. The average Bonchev–Trinajstić information content (AvgIpc) is 3.67. The number of carboxylic acid groups (broad SMARTS) is 2. The van der Waals surface area contributed by atoms with Gasteiger partial charge in [0.25, 0.3) is 5.91 Å². The predicted octanol–water partition coefficient (Wildman–Crippen LogP) is 2.79. The van der Waals surface area contributed by atoms with Crippen molar-refractivity contribution in [2.24, 2.45) is 0 Å². The number of aromatic hydroxyl groups is 1. The molecular weight excluding hydrogens is 835 g/mol. The summed E-state index contributed by atoms with van der Waals surface area (Å²) < 4.78 is 21.2. The highest BCUT2D eigenvalue weighted by atomic mass is 16.5. The monoisotopic (exact) mass is 887 g/mol. The lowest BCUT2D eigenvalue weighted by molar-refractivity contribution is -0.144. The Bertz CT molecular complexity index is 2390. The lowest BCUT2D eigenvalue weighted by Gasteiger charge is -2.26. The normalized spacial score (nSPS) is 14.1. The van der Waals surface area contributed by atoms with Crippen molar-refractivity contribution in [3.8, 4) is 11.5 Å². The summed E-state index contributed by atoms with van der Waals surface area (Å²) >= 11 is 0. The lowest BCUT2D eigenvalue weighted by atomic mass is 9.94. The molecule has 1 amide bonds. The molecule has 2 aromatic carbocycles. The number of nitrogen functional groups attached to an aromatic ring is 2. The first-order valence-corrected chi connectivity index (χ1v) is 20.4. The highest BCUT2D eigenvalue weighted by Crippen LogP contribution is 2.42. The van der Waals surface area contributed by atoms with Gasteiger partial charge in [-0.25, -0.2) is 19.6 Å². The second-order valence-corrected chi connectivity index (χ2v) is 15.0. The Kier molecular flexibility index (Phi) is 16.7. The molecule has 2 aliphatic heterocycles. The fraction of sp³-hybridized carbons (Fsp3) is 0.419. The Morgan fingerprint density at radius 1 is 1.05 bits per heavy atom. The summed E-state index contributed by atoms with van der Waals surface area (Å²) in [5, 5.41) is 30.9. The number of hydrogen-bond acceptors (Lipinski definition) is 18. The molecule has 0 radical (unpaired) electrons. The highest BCUT2D eigenvalue weighted by molar-refractivity contribution is 5.98. The molecule has 2 aromatic heterocycles. The molecular formula is C43H53N9O12. The molecule has 1 fully saturated rings. The predicted molar refractivity (Wildman–Crippen MR) is 232 cm³/mol. The van der Waals surface area contributed by atoms with Gasteiger partial charge in [0.2, 0.25) is 5.95 Å². The number of fused-ring (bicyclic) bond motifs is 2. The molecule has 21 nitrogen and oxygen atoms in total. The number of nitrogens with two attached hydrogens (primary N) is 2. The van der Waals surface area contributed by atoms with Gasteiger partial charge in [-0.15, -0.1) is 0 Å². The second kappa shape index (κ2) is 22.3. The molecule has 0 unspecified atom stereocenters. The number of nitrogens with zero attached hydrogens (tertiary/aromatic N) is 6. The number of amides is 1. The minimum atomic E-state index is -1.30. The van der Waals surface area contributed by atoms with Crippen LogP contribution in [0.25, 0.3) is 11.2 Å². The van der Waals surface area contributed by atoms with Gasteiger partial charge in [0.15, 0.2) is 17.0 Å². The zero-order chi connectivity index (χ0) is 46.5. The number of morpholine rings is 1. The summed E-state index contributed by atoms with van der Waals surface area (Å²) in [6, 6.07) is 5.16. The number of rotatable bonds is 18. The van der Waals surface area contributed by atoms with Crippen LogP contribution in [0.2, 0.25) is 0 Å². The first-order valence-electron chi connectivity index (χ1n) is 20.4. The molecule has 64 heavy (non-hydrogen) atoms. The number of aromatic nitrogens is 4. The molecule has 1 saturated heterocycles. The van der Waals surface area contributed by atoms with E-state index in [9.17, 15) is 34.2 Å². The maximum atomic E-state index is 12.4. The quantitative estimate of drug-likeness (QED) is 0.0618. The second-order valence-electron chi connectivity index (χ2n) is 15.0. The number of hydrogen-bond donors (Lipinski definition) is 6. The van der Waals surface area contributed by atoms with Gasteiger partial charge in [0.1, 0.15) is 36.3 Å². The largest absolute Gasteiger partial charge is 0.507 e. The van der Waals surface area contributed by atoms with E-state index in [4.69, 9.17) is 35.5 Å². The number of carbonyl (C=O) groups excluding carboxylic acids is 3. The highest BCUT2D eigenvalue weighted by Gasteiger charge is 2.32. The van der Waals surface area contributed by atoms with Crippen molar-refractivity contribution < 1.29 is 58.2 Å². The van der Waals surface area contributed by atoms with E-state index in [2.05, 4.69) is 30.2 Å². The van der Waals surface area contributed by atoms with Gasteiger partial charge in [-0.1, -0.05) is 11.6 Å². The number of allylic oxidation sites excluding steroid dienone is 2. The summed E-state index contributed by atoms with van der Waals surface area (Å²) in [6.45, 7) is 8.60. The number of phenols is 1. The third kappa shape index (κ3) is 12.7. The summed E-state index contributed by atoms with van der Waals surface area (Å²) in [5.41, 5.74) is 16.9. The zero-order valence-corrected chi connectivity index (χ0v) is 36.1. The fourth-order valence-corrected chi connectivity index (χ4v) is 6.92. The van der Waals surface area contributed by atoms with E-state index < -0.39 is 29.9 Å². The van der Waals surface area contributed by atoms with Crippen molar-refractivity contribution in [3.05, 3.63) is 75.6 Å². The standard InChI is InChI=1S/C23H31NO7.C20H22N8O5/c1-15(5-7-19(25)30-13-10-24-8-11-29-12-9-24)4-6-17-21(26)20-18(14-31-23(20)27)16(2)22(17)28-3;1-28(9-11-8-23-17-15(24-11)16(21)26-20(22)27-17)12-4-2-10(3-5-12)18(31)25-13(19(32)33)6-7-14(29)30/h4,26H,5-14H2,1-3H3;2-5,8,13H,6-7,9H2,1H3,(H,25,31)(H,29,30)(H,32,33)(H4,21,22,23,26,27)/b15-4+;/t;13-/m.0/s1. The summed E-state index contributed by atoms with van der Waals surface area (Å²) in [6.07, 6.45) is 4.14. The molecule has 342 valence electrons. The minimum absolute atomic E-state index is 0.0138. The summed E-state index contributed by atoms with van der Waals surface area (Å²) in [5.74, 6) is -3.18. The molecule has 0 saturated carbocycles. The van der Waals surface area contributed by atoms with Crippen LogP contribution in [0.4, 0.5) is 17.5 Å². The van der Waals surface area contributed by atoms with Crippen molar-refractivity contribution in [3.63, 3.8) is 0 Å². The van der Waals surface area contributed by atoms with Crippen LogP contribution in [-0.4, -0.2) is 130 Å². The molecule has 1 atom stereocenters. The van der Waals surface area contributed by atoms with Crippen LogP contribution >= 0.6 is 0 Å². The van der Waals surface area contributed by atoms with Gasteiger partial charge in [0, 0.05) is 61.9 Å². The number of methoxy groups -OCH3 is 1. The lowest BCUT2D eigenvalue weighted by Crippen LogP contribution is -2.41. The number of esters is 2. The Morgan fingerprint density at radius 3 is 2.44 bits per heavy atom. The van der Waals surface area contributed by atoms with Crippen LogP contribution in [0.3, 0.4) is 0 Å². The molecule has 8 N–H and O–H groups in total. The van der Waals surface area contributed by atoms with E-state index in [1.54, 1.807) is 25.4 Å². The summed E-state index contributed by atoms with van der Waals surface area (Å²) in [7, 11) is 3.36. The Morgan fingerprint density at radius 2 is 1.77 bits per heavy atom. The third-order valence-corrected chi connectivity index (χ3v) is 10.5. The van der Waals surface area contributed by atoms with E-state index in [0.717, 1.165) is 49.7 Å². The fourth-order valence-electron chi connectivity index (χ4n) is 6.92. The smallest absolute Gasteiger partial charge is 0.342 e. The minimum Gasteiger partial charge on any atom is -0.507 e. The number of carbonyl (C=O) groups is 5. The molecule has 4 aromatic rings. The molecule has 0 bridgehead atoms. The number of carboxylic acids is 2. The van der Waals surface area contributed by atoms with Gasteiger partial charge in [-0.2, -0.15) is 9.97 Å². The van der Waals surface area contributed by atoms with Gasteiger partial charge >= 0.3 is 23.9 Å². The molecule has 0 aliphatic carbocycles. The van der Waals surface area contributed by atoms with E-state index in [0.29, 0.717) is 66.1 Å². The maximum absolute atomic E-state index is 12.4. The number of aliphatic carboxylic acids is 2. The number of phenolic OH excluding ortho intramolecular Hbond substituents is 1. The number of cyclic esters (lactones) is 1. The van der Waals surface area contributed by atoms with Crippen LogP contribution in [0.5, 0.6) is 11.5 Å². The van der Waals surface area contributed by atoms with Gasteiger partial charge in [0.05, 0.1) is 38.8 Å². The Labute approximate surface area is 368 Å². The number of anilines is 3. The van der Waals surface area contributed by atoms with Crippen molar-refractivity contribution in [2.45, 2.75) is 65.1 Å². The van der Waals surface area contributed by atoms with Crippen molar-refractivity contribution in [2.75, 3.05) is 70.0 Å². The van der Waals surface area contributed by atoms with Gasteiger partial charge in [-0.3, -0.25) is 19.3 Å². The molecule has 0 spiro atoms. The van der Waals surface area contributed by atoms with E-state index in [1.165, 1.54) is 12.1 Å². The van der Waals surface area contributed by atoms with Gasteiger partial charge < -0.3 is 56.0 Å². The first kappa shape index (κ1) is 47.9. The summed E-state index contributed by atoms with van der Waals surface area (Å²) in [4.78, 5) is 78.9. The van der Waals surface area contributed by atoms with Crippen LogP contribution < -0.4 is 26.4 Å². The average molecular weight is 888 g/mol. The number of benzene rings is 2. The van der Waals surface area contributed by atoms with E-state index in [-0.39, 0.29) is 54.1 Å². The zero-order valence-electron chi connectivity index (χ0n) is 36.1. The van der Waals surface area contributed by atoms with Gasteiger partial charge in [-0.05, 0) is 62.9 Å². The van der Waals surface area contributed by atoms with Crippen LogP contribution in [0.15, 0.2) is 42.1 Å². The molecule has 6 rings (SSSR count). The van der Waals surface area contributed by atoms with Crippen molar-refractivity contribution in [1.29, 1.82) is 0 Å². The molecule has 2 aliphatic rings.